The molecule has 0 aromatic carbocycles. The van der Waals surface area contributed by atoms with Gasteiger partial charge in [-0.2, -0.15) is 4.98 Å². The molecule has 3 aromatic heterocycles. The molecule has 0 saturated heterocycles. The molecule has 0 bridgehead atoms. The maximum Gasteiger partial charge on any atom is 0.332 e. The average molecular weight is 343 g/mol. The van der Waals surface area contributed by atoms with Crippen molar-refractivity contribution in [3.8, 4) is 0 Å². The van der Waals surface area contributed by atoms with Gasteiger partial charge < -0.3 is 4.57 Å². The van der Waals surface area contributed by atoms with E-state index >= 15 is 0 Å². The lowest BCUT2D eigenvalue weighted by Gasteiger charge is -2.13. The highest BCUT2D eigenvalue weighted by atomic mass is 16.2. The Morgan fingerprint density at radius 2 is 1.88 bits per heavy atom. The summed E-state index contributed by atoms with van der Waals surface area (Å²) in [5.41, 5.74) is 2.32. The second-order valence-electron chi connectivity index (χ2n) is 6.54. The summed E-state index contributed by atoms with van der Waals surface area (Å²) in [5.74, 6) is 0.718. The number of nitrogens with zero attached hydrogens (tertiary/aromatic N) is 5. The number of hydrogen-bond donors (Lipinski definition) is 0. The fourth-order valence-electron chi connectivity index (χ4n) is 3.36. The maximum atomic E-state index is 13.0. The van der Waals surface area contributed by atoms with Crippen LogP contribution < -0.4 is 11.2 Å². The molecule has 3 aromatic rings. The van der Waals surface area contributed by atoms with E-state index in [0.717, 1.165) is 23.6 Å². The van der Waals surface area contributed by atoms with Crippen LogP contribution >= 0.6 is 0 Å². The fraction of sp³-hybridized carbons (Fsp3) is 0.500. The van der Waals surface area contributed by atoms with Crippen LogP contribution in [0.5, 0.6) is 0 Å². The van der Waals surface area contributed by atoms with Crippen LogP contribution in [0.4, 0.5) is 0 Å². The molecule has 3 rings (SSSR count). The van der Waals surface area contributed by atoms with E-state index in [9.17, 15) is 9.59 Å². The summed E-state index contributed by atoms with van der Waals surface area (Å²) < 4.78 is 6.76. The van der Waals surface area contributed by atoms with Crippen molar-refractivity contribution in [2.24, 2.45) is 7.05 Å². The summed E-state index contributed by atoms with van der Waals surface area (Å²) in [7, 11) is 1.67. The van der Waals surface area contributed by atoms with Crippen molar-refractivity contribution >= 4 is 16.9 Å². The van der Waals surface area contributed by atoms with E-state index in [2.05, 4.69) is 23.4 Å². The Kier molecular flexibility index (Phi) is 4.18. The van der Waals surface area contributed by atoms with Crippen LogP contribution in [0.25, 0.3) is 16.9 Å². The number of imidazole rings is 2. The Labute approximate surface area is 145 Å². The molecule has 1 atom stereocenters. The van der Waals surface area contributed by atoms with Crippen molar-refractivity contribution < 1.29 is 0 Å². The minimum absolute atomic E-state index is 0.259. The van der Waals surface area contributed by atoms with Gasteiger partial charge in [-0.05, 0) is 34.1 Å². The molecule has 7 nitrogen and oxygen atoms in total. The van der Waals surface area contributed by atoms with Crippen molar-refractivity contribution in [3.05, 3.63) is 44.4 Å². The Morgan fingerprint density at radius 1 is 1.20 bits per heavy atom. The third-order valence-electron chi connectivity index (χ3n) is 5.12. The van der Waals surface area contributed by atoms with Crippen LogP contribution in [-0.4, -0.2) is 23.1 Å². The van der Waals surface area contributed by atoms with Gasteiger partial charge in [0.1, 0.15) is 0 Å². The van der Waals surface area contributed by atoms with E-state index < -0.39 is 0 Å². The second-order valence-corrected chi connectivity index (χ2v) is 6.54. The maximum absolute atomic E-state index is 13.0. The quantitative estimate of drug-likeness (QED) is 0.683. The molecular weight excluding hydrogens is 318 g/mol. The standard InChI is InChI=1S/C18H25N5O2/c1-7-9-10-21-16(24)14-15(20(6)18(21)25)19-17-22(11(3)8-2)12(4)13(5)23(14)17/h7,9,11H,8,10H2,1-6H3/b9-7+/t11-/m0/s1. The van der Waals surface area contributed by atoms with Gasteiger partial charge in [0.25, 0.3) is 5.56 Å². The third kappa shape index (κ3) is 2.29. The SMILES string of the molecule is C/C=C/Cn1c(=O)c2c(nc3n([C@@H](C)CC)c(C)c(C)n23)n(C)c1=O. The van der Waals surface area contributed by atoms with Gasteiger partial charge in [-0.15, -0.1) is 0 Å². The number of hydrogen-bond acceptors (Lipinski definition) is 3. The first-order valence-corrected chi connectivity index (χ1v) is 8.65. The van der Waals surface area contributed by atoms with Crippen LogP contribution in [0, 0.1) is 13.8 Å². The lowest BCUT2D eigenvalue weighted by atomic mass is 10.2. The summed E-state index contributed by atoms with van der Waals surface area (Å²) in [5, 5.41) is 0. The first kappa shape index (κ1) is 17.3. The molecule has 0 fully saturated rings. The molecule has 0 spiro atoms. The van der Waals surface area contributed by atoms with E-state index in [-0.39, 0.29) is 23.8 Å². The highest BCUT2D eigenvalue weighted by molar-refractivity contribution is 5.76. The molecule has 0 saturated carbocycles. The topological polar surface area (TPSA) is 66.2 Å². The molecule has 0 radical (unpaired) electrons. The molecule has 0 aliphatic carbocycles. The summed E-state index contributed by atoms with van der Waals surface area (Å²) in [6, 6.07) is 0.260. The molecule has 25 heavy (non-hydrogen) atoms. The van der Waals surface area contributed by atoms with Crippen molar-refractivity contribution in [2.45, 2.75) is 53.6 Å². The monoisotopic (exact) mass is 343 g/mol. The molecule has 0 amide bonds. The van der Waals surface area contributed by atoms with Crippen molar-refractivity contribution in [3.63, 3.8) is 0 Å². The largest absolute Gasteiger partial charge is 0.332 e. The molecule has 134 valence electrons. The van der Waals surface area contributed by atoms with E-state index in [1.807, 2.05) is 31.2 Å². The lowest BCUT2D eigenvalue weighted by Crippen LogP contribution is -2.39. The Balaban J connectivity index is 2.53. The van der Waals surface area contributed by atoms with Crippen LogP contribution in [-0.2, 0) is 13.6 Å². The van der Waals surface area contributed by atoms with Crippen LogP contribution in [0.15, 0.2) is 21.7 Å². The zero-order valence-electron chi connectivity index (χ0n) is 15.7. The lowest BCUT2D eigenvalue weighted by molar-refractivity contribution is 0.532. The van der Waals surface area contributed by atoms with Crippen molar-refractivity contribution in [1.82, 2.24) is 23.1 Å². The van der Waals surface area contributed by atoms with Gasteiger partial charge in [0.2, 0.25) is 5.78 Å². The summed E-state index contributed by atoms with van der Waals surface area (Å²) >= 11 is 0. The zero-order chi connectivity index (χ0) is 18.5. The minimum Gasteiger partial charge on any atom is -0.311 e. The Morgan fingerprint density at radius 3 is 2.48 bits per heavy atom. The number of fused-ring (bicyclic) bond motifs is 3. The highest BCUT2D eigenvalue weighted by Gasteiger charge is 2.23. The number of rotatable bonds is 4. The van der Waals surface area contributed by atoms with Crippen LogP contribution in [0.2, 0.25) is 0 Å². The van der Waals surface area contributed by atoms with Gasteiger partial charge in [-0.3, -0.25) is 18.3 Å². The van der Waals surface area contributed by atoms with Crippen molar-refractivity contribution in [1.29, 1.82) is 0 Å². The summed E-state index contributed by atoms with van der Waals surface area (Å²) in [6.45, 7) is 10.4. The van der Waals surface area contributed by atoms with Crippen molar-refractivity contribution in [2.75, 3.05) is 0 Å². The third-order valence-corrected chi connectivity index (χ3v) is 5.12. The van der Waals surface area contributed by atoms with Gasteiger partial charge in [0.05, 0.1) is 0 Å². The predicted molar refractivity (Wildman–Crippen MR) is 99.5 cm³/mol. The fourth-order valence-corrected chi connectivity index (χ4v) is 3.36. The molecule has 0 aliphatic heterocycles. The van der Waals surface area contributed by atoms with Gasteiger partial charge in [-0.1, -0.05) is 19.1 Å². The van der Waals surface area contributed by atoms with E-state index in [1.54, 1.807) is 13.1 Å². The first-order valence-electron chi connectivity index (χ1n) is 8.65. The molecule has 3 heterocycles. The summed E-state index contributed by atoms with van der Waals surface area (Å²) in [4.78, 5) is 30.3. The smallest absolute Gasteiger partial charge is 0.311 e. The van der Waals surface area contributed by atoms with E-state index in [4.69, 9.17) is 0 Å². The molecule has 0 aliphatic rings. The number of allylic oxidation sites excluding steroid dienone is 2. The number of aryl methyl sites for hydroxylation is 2. The Hall–Kier alpha value is -2.57. The van der Waals surface area contributed by atoms with Gasteiger partial charge in [0.15, 0.2) is 11.2 Å². The predicted octanol–water partition coefficient (Wildman–Crippen LogP) is 2.31. The van der Waals surface area contributed by atoms with Gasteiger partial charge >= 0.3 is 5.69 Å². The van der Waals surface area contributed by atoms with Crippen LogP contribution in [0.1, 0.15) is 44.6 Å². The van der Waals surface area contributed by atoms with Gasteiger partial charge in [-0.25, -0.2) is 4.79 Å². The van der Waals surface area contributed by atoms with Crippen LogP contribution in [0.3, 0.4) is 0 Å². The molecule has 0 N–H and O–H groups in total. The highest BCUT2D eigenvalue weighted by Crippen LogP contribution is 2.25. The second kappa shape index (κ2) is 6.06. The molecule has 7 heteroatoms. The molecule has 0 unspecified atom stereocenters. The molecular formula is C18H25N5O2. The van der Waals surface area contributed by atoms with E-state index in [0.29, 0.717) is 11.2 Å². The average Bonchev–Trinajstić information content (AvgIpc) is 3.09. The Bertz CT molecular complexity index is 1110. The first-order chi connectivity index (χ1) is 11.8. The zero-order valence-corrected chi connectivity index (χ0v) is 15.7. The van der Waals surface area contributed by atoms with E-state index in [1.165, 1.54) is 9.13 Å². The summed E-state index contributed by atoms with van der Waals surface area (Å²) in [6.07, 6.45) is 4.59. The minimum atomic E-state index is -0.346. The van der Waals surface area contributed by atoms with Gasteiger partial charge in [0, 0.05) is 31.0 Å². The normalized spacial score (nSPS) is 13.5. The number of aromatic nitrogens is 5.